The van der Waals surface area contributed by atoms with Gasteiger partial charge in [0.1, 0.15) is 0 Å². The van der Waals surface area contributed by atoms with Gasteiger partial charge >= 0.3 is 0 Å². The highest BCUT2D eigenvalue weighted by atomic mass is 32.1. The molecule has 0 radical (unpaired) electrons. The van der Waals surface area contributed by atoms with Gasteiger partial charge in [0.15, 0.2) is 5.11 Å². The van der Waals surface area contributed by atoms with Gasteiger partial charge in [-0.1, -0.05) is 33.1 Å². The Labute approximate surface area is 105 Å². The highest BCUT2D eigenvalue weighted by Crippen LogP contribution is 2.39. The van der Waals surface area contributed by atoms with Crippen LogP contribution in [0.5, 0.6) is 0 Å². The summed E-state index contributed by atoms with van der Waals surface area (Å²) in [5, 5.41) is 4.36. The minimum atomic E-state index is 0.732. The van der Waals surface area contributed by atoms with Gasteiger partial charge in [-0.25, -0.2) is 0 Å². The van der Waals surface area contributed by atoms with E-state index in [0.29, 0.717) is 0 Å². The summed E-state index contributed by atoms with van der Waals surface area (Å²) >= 11 is 5.38. The summed E-state index contributed by atoms with van der Waals surface area (Å²) in [6.45, 7) is 5.10. The zero-order valence-corrected chi connectivity index (χ0v) is 11.4. The molecule has 0 aromatic rings. The van der Waals surface area contributed by atoms with Gasteiger partial charge in [0.25, 0.3) is 0 Å². The molecular formula is C13H24N2S. The van der Waals surface area contributed by atoms with Crippen molar-refractivity contribution in [3.63, 3.8) is 0 Å². The van der Waals surface area contributed by atoms with Crippen LogP contribution in [-0.4, -0.2) is 28.6 Å². The molecule has 3 fully saturated rings. The van der Waals surface area contributed by atoms with Crippen LogP contribution < -0.4 is 5.32 Å². The zero-order chi connectivity index (χ0) is 11.5. The first-order chi connectivity index (χ1) is 7.86. The Morgan fingerprint density at radius 1 is 1.19 bits per heavy atom. The standard InChI is InChI=1S/C11H18N2S.C2H6/c14-11-12-7-9-6-8-4-2-1-3-5-10(8)13(9)11;1-2/h8-10H,1-7H2,(H,12,14);1-2H3/t8-,9?,10+;/m0./s1. The van der Waals surface area contributed by atoms with Gasteiger partial charge in [0.05, 0.1) is 0 Å². The first-order valence-corrected chi connectivity index (χ1v) is 7.33. The maximum absolute atomic E-state index is 5.38. The number of thiocarbonyl (C=S) groups is 1. The molecule has 0 bridgehead atoms. The summed E-state index contributed by atoms with van der Waals surface area (Å²) in [5.41, 5.74) is 0. The molecule has 3 heteroatoms. The van der Waals surface area contributed by atoms with Gasteiger partial charge in [0.2, 0.25) is 0 Å². The Kier molecular flexibility index (Phi) is 4.06. The van der Waals surface area contributed by atoms with E-state index >= 15 is 0 Å². The largest absolute Gasteiger partial charge is 0.360 e. The summed E-state index contributed by atoms with van der Waals surface area (Å²) in [6, 6.07) is 1.51. The number of hydrogen-bond donors (Lipinski definition) is 1. The zero-order valence-electron chi connectivity index (χ0n) is 10.5. The molecule has 1 saturated carbocycles. The molecule has 0 aromatic carbocycles. The second kappa shape index (κ2) is 5.35. The number of fused-ring (bicyclic) bond motifs is 3. The molecule has 16 heavy (non-hydrogen) atoms. The van der Waals surface area contributed by atoms with E-state index in [4.69, 9.17) is 12.2 Å². The van der Waals surface area contributed by atoms with Gasteiger partial charge in [-0.3, -0.25) is 0 Å². The van der Waals surface area contributed by atoms with Crippen LogP contribution in [0.3, 0.4) is 0 Å². The molecule has 0 spiro atoms. The molecule has 3 aliphatic rings. The molecule has 0 amide bonds. The Morgan fingerprint density at radius 2 is 1.94 bits per heavy atom. The summed E-state index contributed by atoms with van der Waals surface area (Å²) in [7, 11) is 0. The molecule has 92 valence electrons. The van der Waals surface area contributed by atoms with Crippen molar-refractivity contribution in [2.75, 3.05) is 6.54 Å². The Bertz CT molecular complexity index is 254. The van der Waals surface area contributed by atoms with E-state index in [1.165, 1.54) is 38.5 Å². The molecule has 1 N–H and O–H groups in total. The van der Waals surface area contributed by atoms with Crippen LogP contribution in [0.1, 0.15) is 52.4 Å². The Hall–Kier alpha value is -0.310. The summed E-state index contributed by atoms with van der Waals surface area (Å²) in [4.78, 5) is 2.52. The van der Waals surface area contributed by atoms with E-state index in [1.807, 2.05) is 13.8 Å². The topological polar surface area (TPSA) is 15.3 Å². The molecule has 1 unspecified atom stereocenters. The van der Waals surface area contributed by atoms with Crippen LogP contribution >= 0.6 is 12.2 Å². The first kappa shape index (κ1) is 12.2. The first-order valence-electron chi connectivity index (χ1n) is 6.92. The van der Waals surface area contributed by atoms with Crippen LogP contribution in [-0.2, 0) is 0 Å². The monoisotopic (exact) mass is 240 g/mol. The fraction of sp³-hybridized carbons (Fsp3) is 0.923. The van der Waals surface area contributed by atoms with Crippen molar-refractivity contribution in [2.45, 2.75) is 64.5 Å². The molecule has 3 atom stereocenters. The highest BCUT2D eigenvalue weighted by molar-refractivity contribution is 7.80. The van der Waals surface area contributed by atoms with Crippen LogP contribution in [0.2, 0.25) is 0 Å². The summed E-state index contributed by atoms with van der Waals surface area (Å²) < 4.78 is 0. The number of nitrogens with zero attached hydrogens (tertiary/aromatic N) is 1. The molecular weight excluding hydrogens is 216 g/mol. The molecule has 2 saturated heterocycles. The van der Waals surface area contributed by atoms with E-state index in [9.17, 15) is 0 Å². The second-order valence-corrected chi connectivity index (χ2v) is 5.33. The average molecular weight is 240 g/mol. The molecule has 1 aliphatic carbocycles. The lowest BCUT2D eigenvalue weighted by Crippen LogP contribution is -2.38. The third kappa shape index (κ3) is 2.06. The van der Waals surface area contributed by atoms with Crippen molar-refractivity contribution in [2.24, 2.45) is 5.92 Å². The maximum atomic E-state index is 5.38. The van der Waals surface area contributed by atoms with Gasteiger partial charge in [0, 0.05) is 18.6 Å². The predicted molar refractivity (Wildman–Crippen MR) is 72.6 cm³/mol. The van der Waals surface area contributed by atoms with Gasteiger partial charge in [-0.05, 0) is 37.4 Å². The van der Waals surface area contributed by atoms with Gasteiger partial charge < -0.3 is 10.2 Å². The molecule has 2 heterocycles. The number of nitrogens with one attached hydrogen (secondary N) is 1. The van der Waals surface area contributed by atoms with Crippen molar-refractivity contribution in [1.29, 1.82) is 0 Å². The van der Waals surface area contributed by atoms with Crippen LogP contribution in [0.4, 0.5) is 0 Å². The normalized spacial score (nSPS) is 36.8. The minimum absolute atomic E-state index is 0.732. The van der Waals surface area contributed by atoms with E-state index in [2.05, 4.69) is 10.2 Å². The Balaban J connectivity index is 0.000000457. The second-order valence-electron chi connectivity index (χ2n) is 4.95. The highest BCUT2D eigenvalue weighted by Gasteiger charge is 2.45. The van der Waals surface area contributed by atoms with Gasteiger partial charge in [-0.2, -0.15) is 0 Å². The van der Waals surface area contributed by atoms with Crippen molar-refractivity contribution in [1.82, 2.24) is 10.2 Å². The van der Waals surface area contributed by atoms with Crippen LogP contribution in [0.15, 0.2) is 0 Å². The fourth-order valence-electron chi connectivity index (χ4n) is 3.53. The SMILES string of the molecule is CC.S=C1NCC2C[C@@H]3CCCCC[C@H]3N12. The Morgan fingerprint density at radius 3 is 2.75 bits per heavy atom. The average Bonchev–Trinajstić information content (AvgIpc) is 2.75. The van der Waals surface area contributed by atoms with E-state index in [0.717, 1.165) is 29.7 Å². The van der Waals surface area contributed by atoms with E-state index in [1.54, 1.807) is 0 Å². The van der Waals surface area contributed by atoms with E-state index < -0.39 is 0 Å². The molecule has 3 rings (SSSR count). The fourth-order valence-corrected chi connectivity index (χ4v) is 3.90. The molecule has 0 aromatic heterocycles. The van der Waals surface area contributed by atoms with Crippen molar-refractivity contribution in [3.8, 4) is 0 Å². The number of rotatable bonds is 0. The molecule has 2 aliphatic heterocycles. The molecule has 2 nitrogen and oxygen atoms in total. The van der Waals surface area contributed by atoms with Crippen molar-refractivity contribution < 1.29 is 0 Å². The van der Waals surface area contributed by atoms with E-state index in [-0.39, 0.29) is 0 Å². The van der Waals surface area contributed by atoms with Crippen molar-refractivity contribution >= 4 is 17.3 Å². The lowest BCUT2D eigenvalue weighted by molar-refractivity contribution is 0.302. The van der Waals surface area contributed by atoms with Gasteiger partial charge in [-0.15, -0.1) is 0 Å². The third-order valence-electron chi connectivity index (χ3n) is 4.17. The smallest absolute Gasteiger partial charge is 0.169 e. The van der Waals surface area contributed by atoms with Crippen molar-refractivity contribution in [3.05, 3.63) is 0 Å². The lowest BCUT2D eigenvalue weighted by Gasteiger charge is -2.26. The van der Waals surface area contributed by atoms with Crippen LogP contribution in [0.25, 0.3) is 0 Å². The quantitative estimate of drug-likeness (QED) is 0.655. The predicted octanol–water partition coefficient (Wildman–Crippen LogP) is 2.92. The summed E-state index contributed by atoms with van der Waals surface area (Å²) in [6.07, 6.45) is 8.50. The third-order valence-corrected chi connectivity index (χ3v) is 4.52. The maximum Gasteiger partial charge on any atom is 0.169 e. The lowest BCUT2D eigenvalue weighted by atomic mass is 9.94. The van der Waals surface area contributed by atoms with Crippen LogP contribution in [0, 0.1) is 5.92 Å². The minimum Gasteiger partial charge on any atom is -0.360 e. The number of hydrogen-bond acceptors (Lipinski definition) is 1. The summed E-state index contributed by atoms with van der Waals surface area (Å²) in [5.74, 6) is 0.947.